The number of aliphatic hydroxyl groups excluding tert-OH is 1. The second kappa shape index (κ2) is 10.2. The van der Waals surface area contributed by atoms with Crippen LogP contribution in [0.4, 0.5) is 70.2 Å². The number of rotatable bonds is 14. The van der Waals surface area contributed by atoms with Crippen LogP contribution in [-0.2, 0) is 14.3 Å². The number of carbonyl (C=O) groups excluding carboxylic acids is 1. The molecular formula is C15H12F16O4. The molecule has 0 bridgehead atoms. The molecule has 0 heterocycles. The zero-order valence-electron chi connectivity index (χ0n) is 16.3. The molecule has 0 radical (unpaired) electrons. The Morgan fingerprint density at radius 3 is 1.54 bits per heavy atom. The molecule has 1 N–H and O–H groups in total. The highest BCUT2D eigenvalue weighted by Crippen LogP contribution is 2.62. The Labute approximate surface area is 183 Å². The van der Waals surface area contributed by atoms with Gasteiger partial charge in [-0.15, -0.1) is 0 Å². The van der Waals surface area contributed by atoms with Gasteiger partial charge in [-0.05, 0) is 0 Å². The number of alkyl halides is 16. The minimum atomic E-state index is -8.50. The molecule has 20 heteroatoms. The SMILES string of the molecule is C=CC(=O)OC(CO)COCC(F)(F)C(F)(F)C(F)(F)C(F)(F)C(F)(F)C(F)(F)C(F)(F)C(F)F. The maximum absolute atomic E-state index is 13.6. The van der Waals surface area contributed by atoms with Crippen LogP contribution in [0.2, 0.25) is 0 Å². The standard InChI is InChI=1S/C15H12F16O4/c1-2-7(33)35-6(3-32)4-34-5-9(18,19)11(22,23)13(26,27)15(30,31)14(28,29)12(24,25)10(20,21)8(16)17/h2,6,8,32H,1,3-5H2. The normalized spacial score (nSPS) is 15.8. The fourth-order valence-electron chi connectivity index (χ4n) is 1.91. The van der Waals surface area contributed by atoms with Crippen LogP contribution in [0.25, 0.3) is 0 Å². The molecule has 0 saturated carbocycles. The van der Waals surface area contributed by atoms with Crippen molar-refractivity contribution in [1.29, 1.82) is 0 Å². The summed E-state index contributed by atoms with van der Waals surface area (Å²) in [5.41, 5.74) is 0. The molecule has 0 amide bonds. The summed E-state index contributed by atoms with van der Waals surface area (Å²) in [6.45, 7) is -3.11. The maximum Gasteiger partial charge on any atom is 0.384 e. The summed E-state index contributed by atoms with van der Waals surface area (Å²) in [5, 5.41) is 8.75. The minimum Gasteiger partial charge on any atom is -0.454 e. The molecule has 0 aromatic carbocycles. The Hall–Kier alpha value is -1.99. The summed E-state index contributed by atoms with van der Waals surface area (Å²) in [6.07, 6.45) is -7.48. The molecule has 1 atom stereocenters. The first-order valence-corrected chi connectivity index (χ1v) is 8.28. The molecule has 0 fully saturated rings. The van der Waals surface area contributed by atoms with Gasteiger partial charge in [-0.3, -0.25) is 0 Å². The summed E-state index contributed by atoms with van der Waals surface area (Å²) in [5.74, 6) is -56.8. The van der Waals surface area contributed by atoms with Crippen LogP contribution in [-0.4, -0.2) is 84.9 Å². The third-order valence-corrected chi connectivity index (χ3v) is 3.97. The Morgan fingerprint density at radius 2 is 1.17 bits per heavy atom. The molecular weight excluding hydrogens is 548 g/mol. The summed E-state index contributed by atoms with van der Waals surface area (Å²) in [7, 11) is 0. The predicted molar refractivity (Wildman–Crippen MR) is 78.6 cm³/mol. The van der Waals surface area contributed by atoms with Gasteiger partial charge in [0.05, 0.1) is 13.2 Å². The van der Waals surface area contributed by atoms with Gasteiger partial charge in [0.15, 0.2) is 0 Å². The lowest BCUT2D eigenvalue weighted by molar-refractivity contribution is -0.448. The maximum atomic E-state index is 13.6. The van der Waals surface area contributed by atoms with Crippen molar-refractivity contribution in [2.24, 2.45) is 0 Å². The van der Waals surface area contributed by atoms with Gasteiger partial charge in [-0.1, -0.05) is 6.58 Å². The summed E-state index contributed by atoms with van der Waals surface area (Å²) in [4.78, 5) is 10.8. The molecule has 0 aromatic heterocycles. The minimum absolute atomic E-state index is 0.418. The van der Waals surface area contributed by atoms with Crippen LogP contribution in [0.15, 0.2) is 12.7 Å². The van der Waals surface area contributed by atoms with E-state index in [1.165, 1.54) is 0 Å². The zero-order valence-corrected chi connectivity index (χ0v) is 16.3. The number of halogens is 16. The second-order valence-corrected chi connectivity index (χ2v) is 6.46. The van der Waals surface area contributed by atoms with Crippen molar-refractivity contribution in [3.63, 3.8) is 0 Å². The van der Waals surface area contributed by atoms with Crippen LogP contribution in [0, 0.1) is 0 Å². The van der Waals surface area contributed by atoms with Crippen LogP contribution in [0.1, 0.15) is 0 Å². The molecule has 208 valence electrons. The largest absolute Gasteiger partial charge is 0.454 e. The van der Waals surface area contributed by atoms with Gasteiger partial charge in [0.1, 0.15) is 12.7 Å². The third kappa shape index (κ3) is 5.41. The molecule has 4 nitrogen and oxygen atoms in total. The monoisotopic (exact) mass is 560 g/mol. The number of carbonyl (C=O) groups is 1. The zero-order chi connectivity index (χ0) is 28.5. The fraction of sp³-hybridized carbons (Fsp3) is 0.800. The Bertz CT molecular complexity index is 751. The molecule has 1 unspecified atom stereocenters. The molecule has 0 saturated heterocycles. The van der Waals surface area contributed by atoms with Crippen LogP contribution in [0.5, 0.6) is 0 Å². The topological polar surface area (TPSA) is 55.8 Å². The Balaban J connectivity index is 6.10. The average Bonchev–Trinajstić information content (AvgIpc) is 2.71. The van der Waals surface area contributed by atoms with Crippen LogP contribution >= 0.6 is 0 Å². The quantitative estimate of drug-likeness (QED) is 0.189. The third-order valence-electron chi connectivity index (χ3n) is 3.97. The molecule has 0 aromatic rings. The van der Waals surface area contributed by atoms with Crippen molar-refractivity contribution in [3.8, 4) is 0 Å². The van der Waals surface area contributed by atoms with E-state index in [9.17, 15) is 75.0 Å². The van der Waals surface area contributed by atoms with Crippen molar-refractivity contribution in [3.05, 3.63) is 12.7 Å². The first-order chi connectivity index (χ1) is 15.3. The Morgan fingerprint density at radius 1 is 0.771 bits per heavy atom. The van der Waals surface area contributed by atoms with Gasteiger partial charge < -0.3 is 14.6 Å². The van der Waals surface area contributed by atoms with Gasteiger partial charge >= 0.3 is 53.9 Å². The summed E-state index contributed by atoms with van der Waals surface area (Å²) in [6, 6.07) is 0. The molecule has 0 rings (SSSR count). The number of ether oxygens (including phenoxy) is 2. The number of hydrogen-bond acceptors (Lipinski definition) is 4. The lowest BCUT2D eigenvalue weighted by atomic mass is 9.89. The summed E-state index contributed by atoms with van der Waals surface area (Å²) >= 11 is 0. The number of hydrogen-bond donors (Lipinski definition) is 1. The van der Waals surface area contributed by atoms with E-state index < -0.39 is 79.8 Å². The predicted octanol–water partition coefficient (Wildman–Crippen LogP) is 4.81. The van der Waals surface area contributed by atoms with Crippen molar-refractivity contribution in [1.82, 2.24) is 0 Å². The van der Waals surface area contributed by atoms with Crippen LogP contribution < -0.4 is 0 Å². The molecule has 0 aliphatic rings. The highest BCUT2D eigenvalue weighted by Gasteiger charge is 2.93. The fourth-order valence-corrected chi connectivity index (χ4v) is 1.91. The van der Waals surface area contributed by atoms with E-state index in [1.54, 1.807) is 0 Å². The Kier molecular flexibility index (Phi) is 9.59. The van der Waals surface area contributed by atoms with E-state index in [0.717, 1.165) is 0 Å². The van der Waals surface area contributed by atoms with Gasteiger partial charge in [0, 0.05) is 6.08 Å². The lowest BCUT2D eigenvalue weighted by Crippen LogP contribution is -2.74. The van der Waals surface area contributed by atoms with E-state index in [4.69, 9.17) is 5.11 Å². The summed E-state index contributed by atoms with van der Waals surface area (Å²) < 4.78 is 218. The van der Waals surface area contributed by atoms with E-state index in [-0.39, 0.29) is 0 Å². The van der Waals surface area contributed by atoms with Gasteiger partial charge in [0.25, 0.3) is 0 Å². The van der Waals surface area contributed by atoms with E-state index in [2.05, 4.69) is 16.1 Å². The second-order valence-electron chi connectivity index (χ2n) is 6.46. The van der Waals surface area contributed by atoms with Crippen molar-refractivity contribution >= 4 is 5.97 Å². The van der Waals surface area contributed by atoms with Gasteiger partial charge in [0.2, 0.25) is 0 Å². The molecule has 0 aliphatic heterocycles. The van der Waals surface area contributed by atoms with Gasteiger partial charge in [-0.25, -0.2) is 13.6 Å². The highest BCUT2D eigenvalue weighted by molar-refractivity contribution is 5.81. The van der Waals surface area contributed by atoms with Crippen LogP contribution in [0.3, 0.4) is 0 Å². The molecule has 0 spiro atoms. The average molecular weight is 560 g/mol. The number of esters is 1. The van der Waals surface area contributed by atoms with E-state index in [1.807, 2.05) is 0 Å². The van der Waals surface area contributed by atoms with Crippen molar-refractivity contribution in [2.75, 3.05) is 19.8 Å². The molecule has 0 aliphatic carbocycles. The first-order valence-electron chi connectivity index (χ1n) is 8.28. The number of aliphatic hydroxyl groups is 1. The lowest BCUT2D eigenvalue weighted by Gasteiger charge is -2.42. The van der Waals surface area contributed by atoms with Crippen molar-refractivity contribution < 1.29 is 89.6 Å². The van der Waals surface area contributed by atoms with Crippen molar-refractivity contribution in [2.45, 2.75) is 54.0 Å². The molecule has 35 heavy (non-hydrogen) atoms. The van der Waals surface area contributed by atoms with E-state index in [0.29, 0.717) is 6.08 Å². The van der Waals surface area contributed by atoms with E-state index >= 15 is 0 Å². The van der Waals surface area contributed by atoms with Gasteiger partial charge in [-0.2, -0.15) is 61.5 Å². The highest BCUT2D eigenvalue weighted by atomic mass is 19.4. The first kappa shape index (κ1) is 33.0. The smallest absolute Gasteiger partial charge is 0.384 e.